The minimum absolute atomic E-state index is 0.957. The van der Waals surface area contributed by atoms with Crippen LogP contribution in [-0.2, 0) is 13.0 Å². The van der Waals surface area contributed by atoms with Gasteiger partial charge in [0, 0.05) is 30.1 Å². The zero-order valence-corrected chi connectivity index (χ0v) is 9.97. The van der Waals surface area contributed by atoms with E-state index in [-0.39, 0.29) is 0 Å². The lowest BCUT2D eigenvalue weighted by Gasteiger charge is -2.09. The first-order valence-electron chi connectivity index (χ1n) is 5.46. The summed E-state index contributed by atoms with van der Waals surface area (Å²) in [5, 5.41) is 4.42. The van der Waals surface area contributed by atoms with Gasteiger partial charge in [0.15, 0.2) is 0 Å². The van der Waals surface area contributed by atoms with Crippen LogP contribution < -0.4 is 5.32 Å². The first-order chi connectivity index (χ1) is 7.83. The minimum Gasteiger partial charge on any atom is -0.311 e. The van der Waals surface area contributed by atoms with Crippen LogP contribution in [0.5, 0.6) is 0 Å². The van der Waals surface area contributed by atoms with Gasteiger partial charge < -0.3 is 5.32 Å². The molecule has 82 valence electrons. The topological polar surface area (TPSA) is 37.8 Å². The second-order valence-electron chi connectivity index (χ2n) is 3.98. The number of hydrogen-bond donors (Lipinski definition) is 1. The molecule has 2 aromatic rings. The number of nitrogens with one attached hydrogen (secondary N) is 1. The number of aryl methyl sites for hydroxylation is 1. The fraction of sp³-hybridized carbons (Fsp3) is 0.333. The van der Waals surface area contributed by atoms with E-state index in [1.165, 1.54) is 10.6 Å². The van der Waals surface area contributed by atoms with Crippen LogP contribution in [0.4, 0.5) is 0 Å². The fourth-order valence-corrected chi connectivity index (χ4v) is 2.94. The van der Waals surface area contributed by atoms with Gasteiger partial charge in [-0.25, -0.2) is 4.98 Å². The van der Waals surface area contributed by atoms with Crippen molar-refractivity contribution in [3.8, 4) is 10.7 Å². The molecule has 0 aliphatic carbocycles. The summed E-state index contributed by atoms with van der Waals surface area (Å²) in [5.74, 6) is 0. The Morgan fingerprint density at radius 3 is 3.06 bits per heavy atom. The largest absolute Gasteiger partial charge is 0.311 e. The molecule has 3 heterocycles. The number of thiazole rings is 1. The highest BCUT2D eigenvalue weighted by atomic mass is 32.1. The van der Waals surface area contributed by atoms with Crippen molar-refractivity contribution in [2.24, 2.45) is 0 Å². The SMILES string of the molecule is Cc1cccc(-c2nc3c(s2)CNCC3)n1. The van der Waals surface area contributed by atoms with E-state index in [9.17, 15) is 0 Å². The van der Waals surface area contributed by atoms with Gasteiger partial charge in [-0.15, -0.1) is 11.3 Å². The molecule has 4 heteroatoms. The van der Waals surface area contributed by atoms with E-state index in [4.69, 9.17) is 0 Å². The average Bonchev–Trinajstić information content (AvgIpc) is 2.72. The van der Waals surface area contributed by atoms with Gasteiger partial charge in [0.25, 0.3) is 0 Å². The molecule has 0 radical (unpaired) electrons. The Labute approximate surface area is 98.6 Å². The number of pyridine rings is 1. The van der Waals surface area contributed by atoms with Gasteiger partial charge in [0.05, 0.1) is 11.4 Å². The highest BCUT2D eigenvalue weighted by molar-refractivity contribution is 7.15. The molecule has 0 spiro atoms. The summed E-state index contributed by atoms with van der Waals surface area (Å²) in [6, 6.07) is 6.08. The third-order valence-electron chi connectivity index (χ3n) is 2.71. The molecule has 0 unspecified atom stereocenters. The van der Waals surface area contributed by atoms with Crippen LogP contribution >= 0.6 is 11.3 Å². The maximum absolute atomic E-state index is 4.68. The van der Waals surface area contributed by atoms with E-state index in [2.05, 4.69) is 15.3 Å². The predicted molar refractivity (Wildman–Crippen MR) is 65.5 cm³/mol. The summed E-state index contributed by atoms with van der Waals surface area (Å²) in [6.07, 6.45) is 1.04. The van der Waals surface area contributed by atoms with E-state index in [1.807, 2.05) is 25.1 Å². The molecule has 16 heavy (non-hydrogen) atoms. The van der Waals surface area contributed by atoms with E-state index in [0.717, 1.165) is 35.9 Å². The number of hydrogen-bond acceptors (Lipinski definition) is 4. The standard InChI is InChI=1S/C12H13N3S/c1-8-3-2-4-10(14-8)12-15-9-5-6-13-7-11(9)16-12/h2-4,13H,5-7H2,1H3. The van der Waals surface area contributed by atoms with Gasteiger partial charge in [-0.05, 0) is 19.1 Å². The fourth-order valence-electron chi connectivity index (χ4n) is 1.90. The first-order valence-corrected chi connectivity index (χ1v) is 6.28. The molecule has 2 aromatic heterocycles. The zero-order chi connectivity index (χ0) is 11.0. The molecule has 1 aliphatic heterocycles. The second-order valence-corrected chi connectivity index (χ2v) is 5.06. The molecule has 1 N–H and O–H groups in total. The summed E-state index contributed by atoms with van der Waals surface area (Å²) < 4.78 is 0. The Bertz CT molecular complexity index is 495. The molecular weight excluding hydrogens is 218 g/mol. The van der Waals surface area contributed by atoms with Crippen LogP contribution in [0.25, 0.3) is 10.7 Å². The second kappa shape index (κ2) is 3.96. The molecule has 0 bridgehead atoms. The van der Waals surface area contributed by atoms with Crippen molar-refractivity contribution in [3.63, 3.8) is 0 Å². The molecule has 3 rings (SSSR count). The Hall–Kier alpha value is -1.26. The number of fused-ring (bicyclic) bond motifs is 1. The molecule has 3 nitrogen and oxygen atoms in total. The smallest absolute Gasteiger partial charge is 0.142 e. The lowest BCUT2D eigenvalue weighted by atomic mass is 10.2. The van der Waals surface area contributed by atoms with E-state index < -0.39 is 0 Å². The van der Waals surface area contributed by atoms with Crippen molar-refractivity contribution in [1.29, 1.82) is 0 Å². The minimum atomic E-state index is 0.957. The molecule has 0 saturated heterocycles. The van der Waals surface area contributed by atoms with Crippen LogP contribution in [0.15, 0.2) is 18.2 Å². The number of rotatable bonds is 1. The Morgan fingerprint density at radius 2 is 2.25 bits per heavy atom. The summed E-state index contributed by atoms with van der Waals surface area (Å²) in [6.45, 7) is 4.01. The van der Waals surface area contributed by atoms with Crippen molar-refractivity contribution < 1.29 is 0 Å². The van der Waals surface area contributed by atoms with Crippen LogP contribution in [0, 0.1) is 6.92 Å². The summed E-state index contributed by atoms with van der Waals surface area (Å²) in [4.78, 5) is 10.6. The summed E-state index contributed by atoms with van der Waals surface area (Å²) in [5.41, 5.74) is 3.30. The van der Waals surface area contributed by atoms with Crippen molar-refractivity contribution in [2.45, 2.75) is 19.9 Å². The average molecular weight is 231 g/mol. The lowest BCUT2D eigenvalue weighted by Crippen LogP contribution is -2.22. The van der Waals surface area contributed by atoms with Crippen LogP contribution in [0.2, 0.25) is 0 Å². The van der Waals surface area contributed by atoms with Crippen molar-refractivity contribution in [1.82, 2.24) is 15.3 Å². The van der Waals surface area contributed by atoms with Gasteiger partial charge in [-0.1, -0.05) is 6.07 Å². The molecule has 0 fully saturated rings. The highest BCUT2D eigenvalue weighted by Crippen LogP contribution is 2.28. The summed E-state index contributed by atoms with van der Waals surface area (Å²) >= 11 is 1.76. The molecule has 0 atom stereocenters. The van der Waals surface area contributed by atoms with Gasteiger partial charge in [0.1, 0.15) is 5.01 Å². The van der Waals surface area contributed by atoms with Gasteiger partial charge in [-0.3, -0.25) is 4.98 Å². The van der Waals surface area contributed by atoms with E-state index >= 15 is 0 Å². The number of nitrogens with zero attached hydrogens (tertiary/aromatic N) is 2. The van der Waals surface area contributed by atoms with E-state index in [0.29, 0.717) is 0 Å². The third kappa shape index (κ3) is 1.74. The molecule has 0 saturated carbocycles. The van der Waals surface area contributed by atoms with Crippen LogP contribution in [-0.4, -0.2) is 16.5 Å². The first kappa shape index (κ1) is 9.93. The Kier molecular flexibility index (Phi) is 2.46. The van der Waals surface area contributed by atoms with Crippen LogP contribution in [0.1, 0.15) is 16.3 Å². The van der Waals surface area contributed by atoms with Crippen molar-refractivity contribution >= 4 is 11.3 Å². The maximum atomic E-state index is 4.68. The van der Waals surface area contributed by atoms with Crippen molar-refractivity contribution in [3.05, 3.63) is 34.5 Å². The molecule has 1 aliphatic rings. The zero-order valence-electron chi connectivity index (χ0n) is 9.16. The lowest BCUT2D eigenvalue weighted by molar-refractivity contribution is 0.644. The van der Waals surface area contributed by atoms with Crippen LogP contribution in [0.3, 0.4) is 0 Å². The summed E-state index contributed by atoms with van der Waals surface area (Å²) in [7, 11) is 0. The maximum Gasteiger partial charge on any atom is 0.142 e. The quantitative estimate of drug-likeness (QED) is 0.817. The molecular formula is C12H13N3S. The number of aromatic nitrogens is 2. The van der Waals surface area contributed by atoms with Gasteiger partial charge in [-0.2, -0.15) is 0 Å². The van der Waals surface area contributed by atoms with Gasteiger partial charge in [0.2, 0.25) is 0 Å². The monoisotopic (exact) mass is 231 g/mol. The Morgan fingerprint density at radius 1 is 1.31 bits per heavy atom. The molecule has 0 amide bonds. The van der Waals surface area contributed by atoms with Gasteiger partial charge >= 0.3 is 0 Å². The predicted octanol–water partition coefficient (Wildman–Crippen LogP) is 2.16. The Balaban J connectivity index is 2.03. The van der Waals surface area contributed by atoms with Crippen molar-refractivity contribution in [2.75, 3.05) is 6.54 Å². The highest BCUT2D eigenvalue weighted by Gasteiger charge is 2.15. The third-order valence-corrected chi connectivity index (χ3v) is 3.83. The van der Waals surface area contributed by atoms with E-state index in [1.54, 1.807) is 11.3 Å². The molecule has 0 aromatic carbocycles. The normalized spacial score (nSPS) is 14.8.